The summed E-state index contributed by atoms with van der Waals surface area (Å²) in [5, 5.41) is 0. The van der Waals surface area contributed by atoms with Gasteiger partial charge in [-0.15, -0.1) is 0 Å². The van der Waals surface area contributed by atoms with Gasteiger partial charge in [-0.25, -0.2) is 0 Å². The molecule has 0 aromatic carbocycles. The first-order chi connectivity index (χ1) is 6.49. The first kappa shape index (κ1) is 12.0. The molecule has 1 heterocycles. The smallest absolute Gasteiger partial charge is 0.000928 e. The van der Waals surface area contributed by atoms with Gasteiger partial charge < -0.3 is 4.90 Å². The Morgan fingerprint density at radius 2 is 1.79 bits per heavy atom. The van der Waals surface area contributed by atoms with Gasteiger partial charge in [-0.1, -0.05) is 27.7 Å². The highest BCUT2D eigenvalue weighted by Crippen LogP contribution is 2.30. The average Bonchev–Trinajstić information content (AvgIpc) is 2.01. The Morgan fingerprint density at radius 1 is 1.14 bits per heavy atom. The molecule has 1 saturated heterocycles. The highest BCUT2D eigenvalue weighted by molar-refractivity contribution is 4.79. The molecule has 0 N–H and O–H groups in total. The van der Waals surface area contributed by atoms with Crippen LogP contribution in [0.3, 0.4) is 0 Å². The van der Waals surface area contributed by atoms with Gasteiger partial charge in [0.25, 0.3) is 0 Å². The molecule has 0 saturated carbocycles. The molecule has 0 unspecified atom stereocenters. The van der Waals surface area contributed by atoms with Crippen LogP contribution in [0.25, 0.3) is 0 Å². The van der Waals surface area contributed by atoms with E-state index in [1.165, 1.54) is 25.9 Å². The molecule has 0 bridgehead atoms. The van der Waals surface area contributed by atoms with Crippen LogP contribution >= 0.6 is 0 Å². The fraction of sp³-hybridized carbons (Fsp3) is 1.00. The van der Waals surface area contributed by atoms with E-state index in [1.54, 1.807) is 0 Å². The summed E-state index contributed by atoms with van der Waals surface area (Å²) >= 11 is 0. The number of hydrogen-bond acceptors (Lipinski definition) is 1. The monoisotopic (exact) mass is 197 g/mol. The topological polar surface area (TPSA) is 3.24 Å². The van der Waals surface area contributed by atoms with Gasteiger partial charge in [-0.2, -0.15) is 0 Å². The summed E-state index contributed by atoms with van der Waals surface area (Å²) in [4.78, 5) is 2.53. The van der Waals surface area contributed by atoms with Crippen LogP contribution in [-0.4, -0.2) is 25.0 Å². The maximum Gasteiger partial charge on any atom is 0.000928 e. The van der Waals surface area contributed by atoms with E-state index in [0.29, 0.717) is 0 Å². The van der Waals surface area contributed by atoms with Crippen LogP contribution in [0.1, 0.15) is 40.5 Å². The second-order valence-electron chi connectivity index (χ2n) is 5.96. The maximum atomic E-state index is 2.53. The van der Waals surface area contributed by atoms with Crippen LogP contribution in [0.4, 0.5) is 0 Å². The van der Waals surface area contributed by atoms with Gasteiger partial charge in [-0.05, 0) is 43.6 Å². The molecular formula is C13H27N. The fourth-order valence-corrected chi connectivity index (χ4v) is 2.81. The molecule has 1 rings (SSSR count). The van der Waals surface area contributed by atoms with Crippen molar-refractivity contribution in [2.45, 2.75) is 40.5 Å². The zero-order valence-corrected chi connectivity index (χ0v) is 10.6. The molecule has 2 atom stereocenters. The van der Waals surface area contributed by atoms with E-state index in [2.05, 4.69) is 39.6 Å². The molecule has 0 spiro atoms. The first-order valence-electron chi connectivity index (χ1n) is 6.17. The first-order valence-corrected chi connectivity index (χ1v) is 6.17. The van der Waals surface area contributed by atoms with E-state index in [-0.39, 0.29) is 0 Å². The van der Waals surface area contributed by atoms with E-state index in [9.17, 15) is 0 Å². The van der Waals surface area contributed by atoms with Crippen molar-refractivity contribution in [3.63, 3.8) is 0 Å². The zero-order valence-electron chi connectivity index (χ0n) is 10.6. The molecule has 84 valence electrons. The Balaban J connectivity index is 2.45. The normalized spacial score (nSPS) is 30.2. The summed E-state index contributed by atoms with van der Waals surface area (Å²) in [7, 11) is 2.28. The van der Waals surface area contributed by atoms with Crippen LogP contribution in [0, 0.1) is 23.7 Å². The third-order valence-electron chi connectivity index (χ3n) is 3.50. The molecule has 1 aliphatic heterocycles. The van der Waals surface area contributed by atoms with Gasteiger partial charge in [0, 0.05) is 13.1 Å². The van der Waals surface area contributed by atoms with Crippen molar-refractivity contribution in [2.24, 2.45) is 23.7 Å². The van der Waals surface area contributed by atoms with Crippen molar-refractivity contribution in [1.82, 2.24) is 4.90 Å². The number of likely N-dealkylation sites (tertiary alicyclic amines) is 1. The number of rotatable bonds is 3. The highest BCUT2D eigenvalue weighted by atomic mass is 15.1. The fourth-order valence-electron chi connectivity index (χ4n) is 2.81. The van der Waals surface area contributed by atoms with E-state index in [1.807, 2.05) is 0 Å². The summed E-state index contributed by atoms with van der Waals surface area (Å²) in [5.74, 6) is 3.59. The van der Waals surface area contributed by atoms with Crippen LogP contribution in [0.15, 0.2) is 0 Å². The van der Waals surface area contributed by atoms with Gasteiger partial charge in [-0.3, -0.25) is 0 Å². The van der Waals surface area contributed by atoms with E-state index < -0.39 is 0 Å². The second kappa shape index (κ2) is 5.16. The number of nitrogens with zero attached hydrogens (tertiary/aromatic N) is 1. The minimum atomic E-state index is 0.854. The lowest BCUT2D eigenvalue weighted by Gasteiger charge is -2.38. The predicted octanol–water partition coefficient (Wildman–Crippen LogP) is 3.26. The quantitative estimate of drug-likeness (QED) is 0.671. The molecule has 0 amide bonds. The van der Waals surface area contributed by atoms with Crippen molar-refractivity contribution in [1.29, 1.82) is 0 Å². The van der Waals surface area contributed by atoms with Crippen molar-refractivity contribution in [2.75, 3.05) is 20.1 Å². The largest absolute Gasteiger partial charge is 0.306 e. The Labute approximate surface area is 89.9 Å². The summed E-state index contributed by atoms with van der Waals surface area (Å²) < 4.78 is 0. The maximum absolute atomic E-state index is 2.53. The van der Waals surface area contributed by atoms with Crippen molar-refractivity contribution in [3.8, 4) is 0 Å². The standard InChI is InChI=1S/C13H27N/c1-10(2)6-12-7-13(11(3)4)9-14(5)8-12/h10-13H,6-9H2,1-5H3/t12-,13-/m1/s1. The number of piperidine rings is 1. The Bertz CT molecular complexity index is 161. The molecule has 14 heavy (non-hydrogen) atoms. The second-order valence-corrected chi connectivity index (χ2v) is 5.96. The van der Waals surface area contributed by atoms with Crippen molar-refractivity contribution < 1.29 is 0 Å². The van der Waals surface area contributed by atoms with E-state index >= 15 is 0 Å². The van der Waals surface area contributed by atoms with Crippen LogP contribution < -0.4 is 0 Å². The van der Waals surface area contributed by atoms with Crippen LogP contribution in [0.5, 0.6) is 0 Å². The summed E-state index contributed by atoms with van der Waals surface area (Å²) in [6, 6.07) is 0. The average molecular weight is 197 g/mol. The van der Waals surface area contributed by atoms with E-state index in [0.717, 1.165) is 23.7 Å². The van der Waals surface area contributed by atoms with Gasteiger partial charge in [0.05, 0.1) is 0 Å². The predicted molar refractivity (Wildman–Crippen MR) is 63.4 cm³/mol. The molecule has 0 aromatic heterocycles. The van der Waals surface area contributed by atoms with Gasteiger partial charge in [0.15, 0.2) is 0 Å². The molecule has 1 fully saturated rings. The molecule has 1 heteroatoms. The minimum Gasteiger partial charge on any atom is -0.306 e. The molecule has 1 nitrogen and oxygen atoms in total. The SMILES string of the molecule is CC(C)C[C@@H]1C[C@@H](C(C)C)CN(C)C1. The van der Waals surface area contributed by atoms with Gasteiger partial charge >= 0.3 is 0 Å². The molecule has 0 aromatic rings. The Hall–Kier alpha value is -0.0400. The highest BCUT2D eigenvalue weighted by Gasteiger charge is 2.27. The molecule has 0 aliphatic carbocycles. The van der Waals surface area contributed by atoms with Crippen molar-refractivity contribution >= 4 is 0 Å². The Kier molecular flexibility index (Phi) is 4.43. The lowest BCUT2D eigenvalue weighted by Crippen LogP contribution is -2.40. The van der Waals surface area contributed by atoms with Crippen LogP contribution in [-0.2, 0) is 0 Å². The summed E-state index contributed by atoms with van der Waals surface area (Å²) in [6.07, 6.45) is 2.87. The number of hydrogen-bond donors (Lipinski definition) is 0. The van der Waals surface area contributed by atoms with Crippen LogP contribution in [0.2, 0.25) is 0 Å². The lowest BCUT2D eigenvalue weighted by molar-refractivity contribution is 0.111. The third kappa shape index (κ3) is 3.61. The molecular weight excluding hydrogens is 170 g/mol. The molecule has 0 radical (unpaired) electrons. The van der Waals surface area contributed by atoms with Crippen molar-refractivity contribution in [3.05, 3.63) is 0 Å². The summed E-state index contributed by atoms with van der Waals surface area (Å²) in [6.45, 7) is 12.1. The van der Waals surface area contributed by atoms with Gasteiger partial charge in [0.2, 0.25) is 0 Å². The Morgan fingerprint density at radius 3 is 2.29 bits per heavy atom. The summed E-state index contributed by atoms with van der Waals surface area (Å²) in [5.41, 5.74) is 0. The minimum absolute atomic E-state index is 0.854. The third-order valence-corrected chi connectivity index (χ3v) is 3.50. The zero-order chi connectivity index (χ0) is 10.7. The molecule has 1 aliphatic rings. The van der Waals surface area contributed by atoms with E-state index in [4.69, 9.17) is 0 Å². The lowest BCUT2D eigenvalue weighted by atomic mass is 9.79. The van der Waals surface area contributed by atoms with Gasteiger partial charge in [0.1, 0.15) is 0 Å².